The van der Waals surface area contributed by atoms with Crippen LogP contribution in [0, 0.1) is 17.0 Å². The van der Waals surface area contributed by atoms with E-state index in [9.17, 15) is 10.1 Å². The van der Waals surface area contributed by atoms with Crippen molar-refractivity contribution in [3.63, 3.8) is 0 Å². The zero-order valence-electron chi connectivity index (χ0n) is 11.5. The summed E-state index contributed by atoms with van der Waals surface area (Å²) >= 11 is 0. The molecule has 0 radical (unpaired) electrons. The molecule has 1 heterocycles. The van der Waals surface area contributed by atoms with Crippen LogP contribution >= 0.6 is 0 Å². The molecule has 1 aromatic carbocycles. The molecule has 0 unspecified atom stereocenters. The van der Waals surface area contributed by atoms with Crippen molar-refractivity contribution in [1.82, 2.24) is 9.55 Å². The first-order chi connectivity index (χ1) is 9.65. The van der Waals surface area contributed by atoms with E-state index in [-0.39, 0.29) is 10.6 Å². The maximum absolute atomic E-state index is 10.7. The summed E-state index contributed by atoms with van der Waals surface area (Å²) in [7, 11) is 0. The smallest absolute Gasteiger partial charge is 0.269 e. The second-order valence-corrected chi connectivity index (χ2v) is 5.27. The minimum atomic E-state index is -0.367. The van der Waals surface area contributed by atoms with Crippen LogP contribution in [-0.4, -0.2) is 14.5 Å². The van der Waals surface area contributed by atoms with Crippen molar-refractivity contribution in [3.8, 4) is 0 Å². The summed E-state index contributed by atoms with van der Waals surface area (Å²) in [5.41, 5.74) is 3.78. The van der Waals surface area contributed by atoms with Crippen molar-refractivity contribution in [2.24, 2.45) is 0 Å². The minimum absolute atomic E-state index is 0.137. The Balaban J connectivity index is 1.87. The lowest BCUT2D eigenvalue weighted by atomic mass is 10.0. The number of aryl methyl sites for hydroxylation is 2. The molecule has 1 aliphatic rings. The maximum atomic E-state index is 10.7. The van der Waals surface area contributed by atoms with Gasteiger partial charge in [-0.2, -0.15) is 0 Å². The molecular weight excluding hydrogens is 254 g/mol. The van der Waals surface area contributed by atoms with Crippen molar-refractivity contribution >= 4 is 5.69 Å². The summed E-state index contributed by atoms with van der Waals surface area (Å²) in [6, 6.07) is 6.78. The van der Waals surface area contributed by atoms with Gasteiger partial charge in [0.05, 0.1) is 10.6 Å². The summed E-state index contributed by atoms with van der Waals surface area (Å²) in [4.78, 5) is 14.9. The quantitative estimate of drug-likeness (QED) is 0.636. The van der Waals surface area contributed by atoms with Crippen LogP contribution in [-0.2, 0) is 19.4 Å². The zero-order chi connectivity index (χ0) is 14.1. The van der Waals surface area contributed by atoms with Crippen molar-refractivity contribution in [2.45, 2.75) is 39.2 Å². The molecule has 0 N–H and O–H groups in total. The predicted molar refractivity (Wildman–Crippen MR) is 75.8 cm³/mol. The van der Waals surface area contributed by atoms with E-state index in [0.717, 1.165) is 30.8 Å². The Hall–Kier alpha value is -2.17. The van der Waals surface area contributed by atoms with E-state index in [4.69, 9.17) is 0 Å². The number of nitro benzene ring substituents is 1. The van der Waals surface area contributed by atoms with E-state index in [1.165, 1.54) is 24.2 Å². The van der Waals surface area contributed by atoms with Crippen molar-refractivity contribution in [3.05, 3.63) is 57.2 Å². The molecule has 2 aromatic rings. The van der Waals surface area contributed by atoms with Crippen LogP contribution in [0.4, 0.5) is 5.69 Å². The molecule has 0 bridgehead atoms. The molecule has 5 heteroatoms. The Morgan fingerprint density at radius 3 is 2.65 bits per heavy atom. The van der Waals surface area contributed by atoms with Gasteiger partial charge < -0.3 is 4.57 Å². The van der Waals surface area contributed by atoms with E-state index >= 15 is 0 Å². The average Bonchev–Trinajstić information content (AvgIpc) is 2.76. The minimum Gasteiger partial charge on any atom is -0.328 e. The average molecular weight is 271 g/mol. The molecular formula is C15H17N3O2. The number of hydrogen-bond donors (Lipinski definition) is 0. The standard InChI is InChI=1S/C15H17N3O2/c1-11-16-14-4-2-3-5-15(14)17(11)10-12-6-8-13(9-7-12)18(19)20/h6-9H,2-5,10H2,1H3. The number of imidazole rings is 1. The molecule has 0 saturated heterocycles. The van der Waals surface area contributed by atoms with Gasteiger partial charge in [0.1, 0.15) is 5.82 Å². The monoisotopic (exact) mass is 271 g/mol. The molecule has 1 aliphatic carbocycles. The Bertz CT molecular complexity index is 644. The van der Waals surface area contributed by atoms with Gasteiger partial charge in [-0.25, -0.2) is 4.98 Å². The van der Waals surface area contributed by atoms with E-state index in [0.29, 0.717) is 0 Å². The third-order valence-electron chi connectivity index (χ3n) is 3.91. The van der Waals surface area contributed by atoms with Crippen LogP contribution < -0.4 is 0 Å². The van der Waals surface area contributed by atoms with Crippen LogP contribution in [0.15, 0.2) is 24.3 Å². The largest absolute Gasteiger partial charge is 0.328 e. The first kappa shape index (κ1) is 12.8. The summed E-state index contributed by atoms with van der Waals surface area (Å²) in [5, 5.41) is 10.7. The van der Waals surface area contributed by atoms with Crippen LogP contribution in [0.25, 0.3) is 0 Å². The SMILES string of the molecule is Cc1nc2c(n1Cc1ccc([N+](=O)[O-])cc1)CCCC2. The fraction of sp³-hybridized carbons (Fsp3) is 0.400. The number of benzene rings is 1. The lowest BCUT2D eigenvalue weighted by Crippen LogP contribution is -2.10. The third kappa shape index (κ3) is 2.31. The van der Waals surface area contributed by atoms with Gasteiger partial charge in [-0.15, -0.1) is 0 Å². The molecule has 1 aromatic heterocycles. The molecule has 20 heavy (non-hydrogen) atoms. The summed E-state index contributed by atoms with van der Waals surface area (Å²) < 4.78 is 2.25. The zero-order valence-corrected chi connectivity index (χ0v) is 11.5. The highest BCUT2D eigenvalue weighted by molar-refractivity contribution is 5.33. The van der Waals surface area contributed by atoms with Crippen molar-refractivity contribution in [2.75, 3.05) is 0 Å². The molecule has 3 rings (SSSR count). The third-order valence-corrected chi connectivity index (χ3v) is 3.91. The normalized spacial score (nSPS) is 14.1. The molecule has 104 valence electrons. The van der Waals surface area contributed by atoms with Gasteiger partial charge in [0.25, 0.3) is 5.69 Å². The maximum Gasteiger partial charge on any atom is 0.269 e. The molecule has 0 amide bonds. The molecule has 0 fully saturated rings. The number of rotatable bonds is 3. The highest BCUT2D eigenvalue weighted by atomic mass is 16.6. The van der Waals surface area contributed by atoms with Gasteiger partial charge in [0.2, 0.25) is 0 Å². The molecule has 0 aliphatic heterocycles. The molecule has 5 nitrogen and oxygen atoms in total. The van der Waals surface area contributed by atoms with Gasteiger partial charge in [-0.1, -0.05) is 12.1 Å². The van der Waals surface area contributed by atoms with Gasteiger partial charge in [-0.05, 0) is 38.2 Å². The van der Waals surface area contributed by atoms with Crippen LogP contribution in [0.1, 0.15) is 35.6 Å². The van der Waals surface area contributed by atoms with Crippen molar-refractivity contribution < 1.29 is 4.92 Å². The molecule has 0 spiro atoms. The van der Waals surface area contributed by atoms with E-state index in [2.05, 4.69) is 9.55 Å². The topological polar surface area (TPSA) is 61.0 Å². The number of fused-ring (bicyclic) bond motifs is 1. The number of non-ortho nitro benzene ring substituents is 1. The van der Waals surface area contributed by atoms with Gasteiger partial charge >= 0.3 is 0 Å². The number of nitrogens with zero attached hydrogens (tertiary/aromatic N) is 3. The number of nitro groups is 1. The lowest BCUT2D eigenvalue weighted by Gasteiger charge is -2.14. The number of aromatic nitrogens is 2. The van der Waals surface area contributed by atoms with E-state index in [1.54, 1.807) is 12.1 Å². The fourth-order valence-corrected chi connectivity index (χ4v) is 2.85. The van der Waals surface area contributed by atoms with Crippen LogP contribution in [0.3, 0.4) is 0 Å². The Morgan fingerprint density at radius 2 is 1.95 bits per heavy atom. The Kier molecular flexibility index (Phi) is 3.26. The van der Waals surface area contributed by atoms with Gasteiger partial charge in [0, 0.05) is 24.4 Å². The van der Waals surface area contributed by atoms with Crippen LogP contribution in [0.5, 0.6) is 0 Å². The highest BCUT2D eigenvalue weighted by Crippen LogP contribution is 2.23. The molecule has 0 saturated carbocycles. The van der Waals surface area contributed by atoms with Crippen LogP contribution in [0.2, 0.25) is 0 Å². The first-order valence-corrected chi connectivity index (χ1v) is 6.93. The highest BCUT2D eigenvalue weighted by Gasteiger charge is 2.18. The Labute approximate surface area is 117 Å². The number of hydrogen-bond acceptors (Lipinski definition) is 3. The molecule has 0 atom stereocenters. The fourth-order valence-electron chi connectivity index (χ4n) is 2.85. The Morgan fingerprint density at radius 1 is 1.25 bits per heavy atom. The summed E-state index contributed by atoms with van der Waals surface area (Å²) in [6.45, 7) is 2.77. The lowest BCUT2D eigenvalue weighted by molar-refractivity contribution is -0.384. The summed E-state index contributed by atoms with van der Waals surface area (Å²) in [6.07, 6.45) is 4.60. The van der Waals surface area contributed by atoms with Gasteiger partial charge in [-0.3, -0.25) is 10.1 Å². The van der Waals surface area contributed by atoms with E-state index in [1.807, 2.05) is 19.1 Å². The second-order valence-electron chi connectivity index (χ2n) is 5.27. The van der Waals surface area contributed by atoms with E-state index < -0.39 is 0 Å². The first-order valence-electron chi connectivity index (χ1n) is 6.93. The van der Waals surface area contributed by atoms with Crippen molar-refractivity contribution in [1.29, 1.82) is 0 Å². The van der Waals surface area contributed by atoms with Gasteiger partial charge in [0.15, 0.2) is 0 Å². The second kappa shape index (κ2) is 5.07. The predicted octanol–water partition coefficient (Wildman–Crippen LogP) is 3.03. The summed E-state index contributed by atoms with van der Waals surface area (Å²) in [5.74, 6) is 1.04.